The maximum Gasteiger partial charge on any atom is 0.234 e. The highest BCUT2D eigenvalue weighted by atomic mass is 16.5. The van der Waals surface area contributed by atoms with Gasteiger partial charge in [0.05, 0.1) is 12.6 Å². The number of benzene rings is 1. The van der Waals surface area contributed by atoms with Gasteiger partial charge >= 0.3 is 0 Å². The summed E-state index contributed by atoms with van der Waals surface area (Å²) in [4.78, 5) is 11.9. The van der Waals surface area contributed by atoms with E-state index in [1.807, 2.05) is 0 Å². The maximum absolute atomic E-state index is 11.9. The number of nitrogens with one attached hydrogen (secondary N) is 3. The lowest BCUT2D eigenvalue weighted by Crippen LogP contribution is -2.42. The van der Waals surface area contributed by atoms with Crippen molar-refractivity contribution in [3.05, 3.63) is 35.4 Å². The second-order valence-electron chi connectivity index (χ2n) is 6.03. The molecule has 2 heterocycles. The van der Waals surface area contributed by atoms with Crippen molar-refractivity contribution in [3.8, 4) is 0 Å². The molecule has 2 atom stereocenters. The number of fused-ring (bicyclic) bond motifs is 1. The SMILES string of the molecule is O=C(CNCC1CCCO1)NCC1NCCc2ccccc21. The van der Waals surface area contributed by atoms with Gasteiger partial charge < -0.3 is 20.7 Å². The summed E-state index contributed by atoms with van der Waals surface area (Å²) >= 11 is 0. The van der Waals surface area contributed by atoms with E-state index < -0.39 is 0 Å². The van der Waals surface area contributed by atoms with Crippen LogP contribution in [-0.2, 0) is 16.0 Å². The lowest BCUT2D eigenvalue weighted by Gasteiger charge is -2.27. The van der Waals surface area contributed by atoms with Crippen LogP contribution in [0.25, 0.3) is 0 Å². The summed E-state index contributed by atoms with van der Waals surface area (Å²) < 4.78 is 5.52. The Balaban J connectivity index is 1.40. The van der Waals surface area contributed by atoms with E-state index in [1.54, 1.807) is 0 Å². The lowest BCUT2D eigenvalue weighted by molar-refractivity contribution is -0.120. The minimum atomic E-state index is 0.0443. The molecule has 1 aromatic rings. The third-order valence-corrected chi connectivity index (χ3v) is 4.40. The third kappa shape index (κ3) is 4.06. The molecule has 2 aliphatic rings. The van der Waals surface area contributed by atoms with Gasteiger partial charge in [-0.2, -0.15) is 0 Å². The molecule has 0 aliphatic carbocycles. The van der Waals surface area contributed by atoms with Crippen molar-refractivity contribution in [2.75, 3.05) is 32.8 Å². The third-order valence-electron chi connectivity index (χ3n) is 4.40. The van der Waals surface area contributed by atoms with E-state index in [9.17, 15) is 4.79 Å². The first kappa shape index (κ1) is 15.5. The molecular formula is C17H25N3O2. The molecule has 1 aromatic carbocycles. The fraction of sp³-hybridized carbons (Fsp3) is 0.588. The van der Waals surface area contributed by atoms with Gasteiger partial charge in [-0.15, -0.1) is 0 Å². The van der Waals surface area contributed by atoms with Crippen LogP contribution >= 0.6 is 0 Å². The molecule has 3 N–H and O–H groups in total. The highest BCUT2D eigenvalue weighted by Crippen LogP contribution is 2.21. The van der Waals surface area contributed by atoms with Crippen LogP contribution < -0.4 is 16.0 Å². The van der Waals surface area contributed by atoms with Crippen molar-refractivity contribution in [1.29, 1.82) is 0 Å². The number of carbonyl (C=O) groups excluding carboxylic acids is 1. The number of rotatable bonds is 6. The Hall–Kier alpha value is -1.43. The first-order valence-electron chi connectivity index (χ1n) is 8.23. The maximum atomic E-state index is 11.9. The molecule has 120 valence electrons. The second-order valence-corrected chi connectivity index (χ2v) is 6.03. The van der Waals surface area contributed by atoms with Gasteiger partial charge in [0, 0.05) is 25.7 Å². The normalized spacial score (nSPS) is 24.0. The summed E-state index contributed by atoms with van der Waals surface area (Å²) in [5, 5.41) is 9.67. The molecule has 1 saturated heterocycles. The monoisotopic (exact) mass is 303 g/mol. The topological polar surface area (TPSA) is 62.4 Å². The van der Waals surface area contributed by atoms with E-state index in [0.717, 1.165) is 39.0 Å². The number of ether oxygens (including phenoxy) is 1. The Morgan fingerprint density at radius 1 is 1.32 bits per heavy atom. The summed E-state index contributed by atoms with van der Waals surface area (Å²) in [5.41, 5.74) is 2.69. The summed E-state index contributed by atoms with van der Waals surface area (Å²) in [7, 11) is 0. The van der Waals surface area contributed by atoms with Crippen LogP contribution in [0.15, 0.2) is 24.3 Å². The summed E-state index contributed by atoms with van der Waals surface area (Å²) in [6, 6.07) is 8.67. The van der Waals surface area contributed by atoms with E-state index >= 15 is 0 Å². The minimum Gasteiger partial charge on any atom is -0.377 e. The molecule has 5 heteroatoms. The van der Waals surface area contributed by atoms with Crippen molar-refractivity contribution >= 4 is 5.91 Å². The largest absolute Gasteiger partial charge is 0.377 e. The molecule has 2 unspecified atom stereocenters. The van der Waals surface area contributed by atoms with Crippen LogP contribution in [0.4, 0.5) is 0 Å². The number of carbonyl (C=O) groups is 1. The van der Waals surface area contributed by atoms with Gasteiger partial charge in [0.15, 0.2) is 0 Å². The predicted molar refractivity (Wildman–Crippen MR) is 85.7 cm³/mol. The Labute approximate surface area is 131 Å². The lowest BCUT2D eigenvalue weighted by atomic mass is 9.94. The Morgan fingerprint density at radius 3 is 3.09 bits per heavy atom. The molecule has 3 rings (SSSR count). The van der Waals surface area contributed by atoms with Gasteiger partial charge in [-0.05, 0) is 36.9 Å². The van der Waals surface area contributed by atoms with Crippen molar-refractivity contribution < 1.29 is 9.53 Å². The van der Waals surface area contributed by atoms with Crippen molar-refractivity contribution in [2.24, 2.45) is 0 Å². The van der Waals surface area contributed by atoms with Crippen molar-refractivity contribution in [3.63, 3.8) is 0 Å². The molecule has 1 amide bonds. The molecule has 0 radical (unpaired) electrons. The summed E-state index contributed by atoms with van der Waals surface area (Å²) in [5.74, 6) is 0.0443. The zero-order valence-corrected chi connectivity index (χ0v) is 12.9. The quantitative estimate of drug-likeness (QED) is 0.726. The van der Waals surface area contributed by atoms with Crippen molar-refractivity contribution in [1.82, 2.24) is 16.0 Å². The van der Waals surface area contributed by atoms with E-state index in [1.165, 1.54) is 11.1 Å². The first-order chi connectivity index (χ1) is 10.8. The minimum absolute atomic E-state index is 0.0443. The van der Waals surface area contributed by atoms with Crippen LogP contribution in [0.5, 0.6) is 0 Å². The molecule has 2 aliphatic heterocycles. The Morgan fingerprint density at radius 2 is 2.23 bits per heavy atom. The molecule has 5 nitrogen and oxygen atoms in total. The average Bonchev–Trinajstić information content (AvgIpc) is 3.06. The molecule has 0 aromatic heterocycles. The van der Waals surface area contributed by atoms with Gasteiger partial charge in [0.25, 0.3) is 0 Å². The van der Waals surface area contributed by atoms with E-state index in [4.69, 9.17) is 4.74 Å². The van der Waals surface area contributed by atoms with Crippen molar-refractivity contribution in [2.45, 2.75) is 31.4 Å². The average molecular weight is 303 g/mol. The summed E-state index contributed by atoms with van der Waals surface area (Å²) in [6.45, 7) is 3.57. The highest BCUT2D eigenvalue weighted by Gasteiger charge is 2.19. The van der Waals surface area contributed by atoms with Crippen LogP contribution in [-0.4, -0.2) is 44.8 Å². The molecule has 0 saturated carbocycles. The standard InChI is InChI=1S/C17H25N3O2/c21-17(12-18-10-14-5-3-9-22-14)20-11-16-15-6-2-1-4-13(15)7-8-19-16/h1-2,4,6,14,16,18-19H,3,5,7-12H2,(H,20,21). The summed E-state index contributed by atoms with van der Waals surface area (Å²) in [6.07, 6.45) is 3.56. The van der Waals surface area contributed by atoms with Gasteiger partial charge in [-0.3, -0.25) is 4.79 Å². The van der Waals surface area contributed by atoms with Gasteiger partial charge in [-0.1, -0.05) is 24.3 Å². The number of hydrogen-bond donors (Lipinski definition) is 3. The molecule has 22 heavy (non-hydrogen) atoms. The molecular weight excluding hydrogens is 278 g/mol. The highest BCUT2D eigenvalue weighted by molar-refractivity contribution is 5.78. The number of hydrogen-bond acceptors (Lipinski definition) is 4. The fourth-order valence-corrected chi connectivity index (χ4v) is 3.21. The Bertz CT molecular complexity index is 500. The van der Waals surface area contributed by atoms with Crippen LogP contribution in [0, 0.1) is 0 Å². The van der Waals surface area contributed by atoms with E-state index in [0.29, 0.717) is 13.1 Å². The van der Waals surface area contributed by atoms with Crippen LogP contribution in [0.2, 0.25) is 0 Å². The molecule has 0 spiro atoms. The molecule has 0 bridgehead atoms. The van der Waals surface area contributed by atoms with Gasteiger partial charge in [0.2, 0.25) is 5.91 Å². The predicted octanol–water partition coefficient (Wildman–Crippen LogP) is 0.758. The van der Waals surface area contributed by atoms with E-state index in [2.05, 4.69) is 40.2 Å². The van der Waals surface area contributed by atoms with Gasteiger partial charge in [-0.25, -0.2) is 0 Å². The van der Waals surface area contributed by atoms with E-state index in [-0.39, 0.29) is 18.1 Å². The Kier molecular flexibility index (Phi) is 5.43. The smallest absolute Gasteiger partial charge is 0.234 e. The second kappa shape index (κ2) is 7.72. The van der Waals surface area contributed by atoms with Crippen LogP contribution in [0.1, 0.15) is 30.0 Å². The van der Waals surface area contributed by atoms with Gasteiger partial charge in [0.1, 0.15) is 0 Å². The van der Waals surface area contributed by atoms with Crippen LogP contribution in [0.3, 0.4) is 0 Å². The zero-order valence-electron chi connectivity index (χ0n) is 12.9. The number of amides is 1. The first-order valence-corrected chi connectivity index (χ1v) is 8.23. The zero-order chi connectivity index (χ0) is 15.2. The molecule has 1 fully saturated rings. The fourth-order valence-electron chi connectivity index (χ4n) is 3.21.